The van der Waals surface area contributed by atoms with Crippen molar-refractivity contribution >= 4 is 11.8 Å². The van der Waals surface area contributed by atoms with Crippen molar-refractivity contribution in [2.24, 2.45) is 0 Å². The number of hydrogen-bond donors (Lipinski definition) is 1. The molecule has 1 aliphatic rings. The summed E-state index contributed by atoms with van der Waals surface area (Å²) >= 11 is 0. The van der Waals surface area contributed by atoms with Crippen molar-refractivity contribution in [1.82, 2.24) is 15.3 Å². The van der Waals surface area contributed by atoms with Gasteiger partial charge < -0.3 is 0 Å². The fourth-order valence-electron chi connectivity index (χ4n) is 1.80. The fourth-order valence-corrected chi connectivity index (χ4v) is 1.80. The van der Waals surface area contributed by atoms with Crippen molar-refractivity contribution in [1.29, 1.82) is 0 Å². The number of rotatable bonds is 3. The summed E-state index contributed by atoms with van der Waals surface area (Å²) in [5.74, 6) is -0.630. The van der Waals surface area contributed by atoms with Crippen LogP contribution in [0.15, 0.2) is 12.2 Å². The number of imide groups is 1. The van der Waals surface area contributed by atoms with E-state index in [9.17, 15) is 9.59 Å². The van der Waals surface area contributed by atoms with E-state index in [1.54, 1.807) is 6.92 Å². The van der Waals surface area contributed by atoms with Crippen molar-refractivity contribution in [2.75, 3.05) is 20.6 Å². The molecular formula is C11H19N3O2. The minimum Gasteiger partial charge on any atom is -0.291 e. The van der Waals surface area contributed by atoms with Gasteiger partial charge in [-0.2, -0.15) is 0 Å². The van der Waals surface area contributed by atoms with Gasteiger partial charge in [-0.3, -0.25) is 14.9 Å². The molecule has 0 bridgehead atoms. The van der Waals surface area contributed by atoms with Gasteiger partial charge in [0.15, 0.2) is 0 Å². The zero-order valence-electron chi connectivity index (χ0n) is 10.1. The van der Waals surface area contributed by atoms with E-state index in [0.717, 1.165) is 19.4 Å². The number of amides is 2. The van der Waals surface area contributed by atoms with Crippen LogP contribution in [0.25, 0.3) is 0 Å². The van der Waals surface area contributed by atoms with Crippen molar-refractivity contribution in [3.05, 3.63) is 12.2 Å². The maximum absolute atomic E-state index is 11.8. The summed E-state index contributed by atoms with van der Waals surface area (Å²) in [5.41, 5.74) is 0.350. The van der Waals surface area contributed by atoms with Crippen LogP contribution >= 0.6 is 0 Å². The van der Waals surface area contributed by atoms with Crippen molar-refractivity contribution in [3.8, 4) is 0 Å². The molecule has 0 spiro atoms. The largest absolute Gasteiger partial charge is 0.291 e. The second-order valence-electron chi connectivity index (χ2n) is 4.27. The van der Waals surface area contributed by atoms with Crippen LogP contribution in [0, 0.1) is 0 Å². The third-order valence-electron chi connectivity index (χ3n) is 2.67. The molecule has 1 heterocycles. The van der Waals surface area contributed by atoms with Gasteiger partial charge in [0.1, 0.15) is 6.04 Å². The summed E-state index contributed by atoms with van der Waals surface area (Å²) in [4.78, 5) is 23.2. The van der Waals surface area contributed by atoms with Crippen LogP contribution in [0.2, 0.25) is 0 Å². The van der Waals surface area contributed by atoms with E-state index in [1.165, 1.54) is 0 Å². The molecular weight excluding hydrogens is 206 g/mol. The van der Waals surface area contributed by atoms with Crippen molar-refractivity contribution in [2.45, 2.75) is 25.8 Å². The predicted molar refractivity (Wildman–Crippen MR) is 61.4 cm³/mol. The van der Waals surface area contributed by atoms with E-state index in [4.69, 9.17) is 0 Å². The predicted octanol–water partition coefficient (Wildman–Crippen LogP) is 0.146. The first-order valence-corrected chi connectivity index (χ1v) is 5.38. The standard InChI is InChI=1S/C11H19N3O2/c1-8(2)10(15)12-11(16)9-6-5-7-14(9)13(3)4/h9H,1,5-7H2,2-4H3,(H,12,15,16)/t9-/m0/s1. The van der Waals surface area contributed by atoms with Gasteiger partial charge in [-0.15, -0.1) is 0 Å². The molecule has 0 aromatic heterocycles. The Morgan fingerprint density at radius 1 is 1.44 bits per heavy atom. The van der Waals surface area contributed by atoms with Gasteiger partial charge in [-0.1, -0.05) is 6.58 Å². The SMILES string of the molecule is C=C(C)C(=O)NC(=O)[C@@H]1CCCN1N(C)C. The van der Waals surface area contributed by atoms with E-state index in [1.807, 2.05) is 24.1 Å². The molecule has 0 radical (unpaired) electrons. The molecule has 16 heavy (non-hydrogen) atoms. The monoisotopic (exact) mass is 225 g/mol. The van der Waals surface area contributed by atoms with Crippen molar-refractivity contribution < 1.29 is 9.59 Å². The maximum atomic E-state index is 11.8. The third-order valence-corrected chi connectivity index (χ3v) is 2.67. The van der Waals surface area contributed by atoms with E-state index in [2.05, 4.69) is 11.9 Å². The summed E-state index contributed by atoms with van der Waals surface area (Å²) in [6.07, 6.45) is 1.75. The van der Waals surface area contributed by atoms with Gasteiger partial charge in [-0.05, 0) is 19.8 Å². The Balaban J connectivity index is 2.60. The summed E-state index contributed by atoms with van der Waals surface area (Å²) in [5, 5.41) is 6.21. The maximum Gasteiger partial charge on any atom is 0.252 e. The fraction of sp³-hybridized carbons (Fsp3) is 0.636. The molecule has 1 rings (SSSR count). The number of carbonyl (C=O) groups excluding carboxylic acids is 2. The van der Waals surface area contributed by atoms with Crippen molar-refractivity contribution in [3.63, 3.8) is 0 Å². The van der Waals surface area contributed by atoms with E-state index in [-0.39, 0.29) is 11.9 Å². The van der Waals surface area contributed by atoms with Crippen LogP contribution < -0.4 is 5.32 Å². The summed E-state index contributed by atoms with van der Waals surface area (Å²) in [6.45, 7) is 5.94. The van der Waals surface area contributed by atoms with E-state index in [0.29, 0.717) is 5.57 Å². The molecule has 1 aliphatic heterocycles. The molecule has 90 valence electrons. The second-order valence-corrected chi connectivity index (χ2v) is 4.27. The number of hydrogen-bond acceptors (Lipinski definition) is 4. The van der Waals surface area contributed by atoms with Gasteiger partial charge in [0.2, 0.25) is 5.91 Å². The van der Waals surface area contributed by atoms with Gasteiger partial charge in [0, 0.05) is 26.2 Å². The lowest BCUT2D eigenvalue weighted by molar-refractivity contribution is -0.135. The molecule has 5 heteroatoms. The molecule has 0 aromatic rings. The molecule has 1 N–H and O–H groups in total. The van der Waals surface area contributed by atoms with Gasteiger partial charge in [0.25, 0.3) is 5.91 Å². The Morgan fingerprint density at radius 2 is 2.06 bits per heavy atom. The van der Waals surface area contributed by atoms with Gasteiger partial charge >= 0.3 is 0 Å². The number of hydrazine groups is 1. The van der Waals surface area contributed by atoms with Crippen LogP contribution in [0.4, 0.5) is 0 Å². The molecule has 1 saturated heterocycles. The van der Waals surface area contributed by atoms with Crippen LogP contribution in [0.3, 0.4) is 0 Å². The van der Waals surface area contributed by atoms with Gasteiger partial charge in [0.05, 0.1) is 0 Å². The summed E-state index contributed by atoms with van der Waals surface area (Å²) in [6, 6.07) is -0.238. The Bertz CT molecular complexity index is 312. The smallest absolute Gasteiger partial charge is 0.252 e. The van der Waals surface area contributed by atoms with Crippen LogP contribution in [0.5, 0.6) is 0 Å². The molecule has 0 aromatic carbocycles. The Kier molecular flexibility index (Phi) is 4.20. The zero-order chi connectivity index (χ0) is 12.3. The first-order valence-electron chi connectivity index (χ1n) is 5.38. The molecule has 0 unspecified atom stereocenters. The minimum absolute atomic E-state index is 0.237. The molecule has 5 nitrogen and oxygen atoms in total. The molecule has 0 aliphatic carbocycles. The normalized spacial score (nSPS) is 21.1. The quantitative estimate of drug-likeness (QED) is 0.694. The highest BCUT2D eigenvalue weighted by molar-refractivity contribution is 6.05. The van der Waals surface area contributed by atoms with Crippen LogP contribution in [-0.4, -0.2) is 48.5 Å². The van der Waals surface area contributed by atoms with Crippen LogP contribution in [0.1, 0.15) is 19.8 Å². The Hall–Kier alpha value is -1.20. The van der Waals surface area contributed by atoms with E-state index >= 15 is 0 Å². The highest BCUT2D eigenvalue weighted by Gasteiger charge is 2.32. The average molecular weight is 225 g/mol. The minimum atomic E-state index is -0.393. The van der Waals surface area contributed by atoms with E-state index < -0.39 is 5.91 Å². The van der Waals surface area contributed by atoms with Crippen LogP contribution in [-0.2, 0) is 9.59 Å². The topological polar surface area (TPSA) is 52.7 Å². The number of nitrogens with one attached hydrogen (secondary N) is 1. The highest BCUT2D eigenvalue weighted by atomic mass is 16.2. The Labute approximate surface area is 96.1 Å². The lowest BCUT2D eigenvalue weighted by atomic mass is 10.2. The molecule has 2 amide bonds. The highest BCUT2D eigenvalue weighted by Crippen LogP contribution is 2.17. The Morgan fingerprint density at radius 3 is 2.56 bits per heavy atom. The third kappa shape index (κ3) is 2.90. The lowest BCUT2D eigenvalue weighted by Crippen LogP contribution is -2.50. The summed E-state index contributed by atoms with van der Waals surface area (Å²) < 4.78 is 0. The zero-order valence-corrected chi connectivity index (χ0v) is 10.1. The summed E-state index contributed by atoms with van der Waals surface area (Å²) in [7, 11) is 3.79. The number of nitrogens with zero attached hydrogens (tertiary/aromatic N) is 2. The lowest BCUT2D eigenvalue weighted by Gasteiger charge is -2.29. The van der Waals surface area contributed by atoms with Gasteiger partial charge in [-0.25, -0.2) is 10.0 Å². The molecule has 0 saturated carbocycles. The second kappa shape index (κ2) is 5.23. The average Bonchev–Trinajstić information content (AvgIpc) is 2.65. The first kappa shape index (κ1) is 12.9. The number of carbonyl (C=O) groups is 2. The molecule has 1 atom stereocenters. The molecule has 1 fully saturated rings. The first-order chi connectivity index (χ1) is 7.43.